The van der Waals surface area contributed by atoms with Crippen LogP contribution in [0.2, 0.25) is 0 Å². The topological polar surface area (TPSA) is 38.8 Å². The van der Waals surface area contributed by atoms with E-state index in [2.05, 4.69) is 60.2 Å². The van der Waals surface area contributed by atoms with E-state index in [1.54, 1.807) is 12.2 Å². The van der Waals surface area contributed by atoms with E-state index in [0.29, 0.717) is 19.4 Å². The fourth-order valence-corrected chi connectivity index (χ4v) is 6.41. The van der Waals surface area contributed by atoms with Gasteiger partial charge in [0.25, 0.3) is 0 Å². The maximum absolute atomic E-state index is 13.0. The molecule has 0 radical (unpaired) electrons. The molecule has 1 aromatic carbocycles. The number of alkyl halides is 3. The molecular weight excluding hydrogens is 533 g/mol. The second-order valence-corrected chi connectivity index (χ2v) is 13.4. The number of benzene rings is 1. The van der Waals surface area contributed by atoms with Crippen molar-refractivity contribution in [3.8, 4) is 0 Å². The molecule has 1 N–H and O–H groups in total. The molecule has 2 heterocycles. The Labute approximate surface area is 242 Å². The summed E-state index contributed by atoms with van der Waals surface area (Å²) < 4.78 is 37.8. The number of piperidine rings is 1. The number of carbonyl (C=O) groups excluding carboxylic acids is 1. The zero-order valence-electron chi connectivity index (χ0n) is 24.2. The normalized spacial score (nSPS) is 23.2. The van der Waals surface area contributed by atoms with Crippen LogP contribution in [0.5, 0.6) is 0 Å². The molecule has 0 saturated carbocycles. The lowest BCUT2D eigenvalue weighted by Crippen LogP contribution is -2.50. The highest BCUT2D eigenvalue weighted by Gasteiger charge is 2.31. The molecule has 2 atom stereocenters. The third-order valence-electron chi connectivity index (χ3n) is 8.08. The lowest BCUT2D eigenvalue weighted by atomic mass is 9.87. The Kier molecular flexibility index (Phi) is 10.7. The molecule has 1 aliphatic carbocycles. The van der Waals surface area contributed by atoms with Gasteiger partial charge in [0.1, 0.15) is 0 Å². The number of amides is 1. The summed E-state index contributed by atoms with van der Waals surface area (Å²) in [4.78, 5) is 20.2. The SMILES string of the molecule is CC(C)(C)c1ccc(N2CCCN(CCCC(=O)N3CCCC(NC4C=CC(SC(F)(F)F)=CC4)C3)CC2)cc1. The molecule has 0 spiro atoms. The molecule has 0 bridgehead atoms. The van der Waals surface area contributed by atoms with E-state index in [9.17, 15) is 18.0 Å². The molecule has 9 heteroatoms. The predicted octanol–water partition coefficient (Wildman–Crippen LogP) is 6.32. The number of anilines is 1. The fraction of sp³-hybridized carbons (Fsp3) is 0.645. The molecule has 0 aromatic heterocycles. The first-order valence-corrected chi connectivity index (χ1v) is 15.5. The Bertz CT molecular complexity index is 1030. The van der Waals surface area contributed by atoms with Crippen LogP contribution >= 0.6 is 11.8 Å². The molecular formula is C31H45F3N4OS. The zero-order chi connectivity index (χ0) is 28.8. The van der Waals surface area contributed by atoms with Gasteiger partial charge in [0.15, 0.2) is 0 Å². The third-order valence-corrected chi connectivity index (χ3v) is 8.85. The second-order valence-electron chi connectivity index (χ2n) is 12.3. The molecule has 2 aliphatic heterocycles. The van der Waals surface area contributed by atoms with E-state index >= 15 is 0 Å². The van der Waals surface area contributed by atoms with E-state index in [1.807, 2.05) is 11.0 Å². The van der Waals surface area contributed by atoms with Gasteiger partial charge < -0.3 is 20.0 Å². The average molecular weight is 579 g/mol. The van der Waals surface area contributed by atoms with Gasteiger partial charge >= 0.3 is 5.51 Å². The summed E-state index contributed by atoms with van der Waals surface area (Å²) in [5.41, 5.74) is -1.45. The molecule has 5 nitrogen and oxygen atoms in total. The third kappa shape index (κ3) is 9.55. The van der Waals surface area contributed by atoms with Crippen LogP contribution in [0.4, 0.5) is 18.9 Å². The maximum atomic E-state index is 13.0. The predicted molar refractivity (Wildman–Crippen MR) is 160 cm³/mol. The van der Waals surface area contributed by atoms with Crippen molar-refractivity contribution in [3.05, 3.63) is 53.0 Å². The minimum absolute atomic E-state index is 0.0108. The molecule has 2 unspecified atom stereocenters. The monoisotopic (exact) mass is 578 g/mol. The van der Waals surface area contributed by atoms with Gasteiger partial charge in [0.2, 0.25) is 5.91 Å². The largest absolute Gasteiger partial charge is 0.446 e. The van der Waals surface area contributed by atoms with Crippen molar-refractivity contribution in [2.45, 2.75) is 82.3 Å². The molecule has 40 heavy (non-hydrogen) atoms. The summed E-state index contributed by atoms with van der Waals surface area (Å²) in [5, 5.41) is 3.54. The highest BCUT2D eigenvalue weighted by atomic mass is 32.2. The van der Waals surface area contributed by atoms with Gasteiger partial charge in [0, 0.05) is 61.8 Å². The first kappa shape index (κ1) is 31.0. The van der Waals surface area contributed by atoms with Gasteiger partial charge in [-0.15, -0.1) is 0 Å². The number of rotatable bonds is 8. The highest BCUT2D eigenvalue weighted by molar-refractivity contribution is 8.04. The standard InChI is InChI=1S/C31H45F3N4OS/c1-30(2,3)24-9-13-27(14-10-24)37-20-6-18-36(21-22-37)17-5-8-29(39)38-19-4-7-26(23-38)35-25-11-15-28(16-12-25)40-31(32,33)34/h9-11,13-16,25-26,35H,4-8,12,17-23H2,1-3H3. The lowest BCUT2D eigenvalue weighted by Gasteiger charge is -2.35. The first-order chi connectivity index (χ1) is 19.0. The Morgan fingerprint density at radius 1 is 1.02 bits per heavy atom. The van der Waals surface area contributed by atoms with Crippen molar-refractivity contribution in [1.29, 1.82) is 0 Å². The zero-order valence-corrected chi connectivity index (χ0v) is 25.0. The highest BCUT2D eigenvalue weighted by Crippen LogP contribution is 2.38. The van der Waals surface area contributed by atoms with E-state index < -0.39 is 5.51 Å². The Morgan fingerprint density at radius 2 is 1.80 bits per heavy atom. The van der Waals surface area contributed by atoms with Crippen LogP contribution in [0.15, 0.2) is 47.4 Å². The van der Waals surface area contributed by atoms with Gasteiger partial charge in [-0.25, -0.2) is 0 Å². The quantitative estimate of drug-likeness (QED) is 0.391. The van der Waals surface area contributed by atoms with Crippen molar-refractivity contribution >= 4 is 23.4 Å². The van der Waals surface area contributed by atoms with E-state index in [-0.39, 0.29) is 40.1 Å². The van der Waals surface area contributed by atoms with Crippen LogP contribution in [0.3, 0.4) is 0 Å². The number of thioether (sulfide) groups is 1. The second kappa shape index (κ2) is 13.8. The fourth-order valence-electron chi connectivity index (χ4n) is 5.81. The smallest absolute Gasteiger partial charge is 0.370 e. The summed E-state index contributed by atoms with van der Waals surface area (Å²) in [6, 6.07) is 9.19. The summed E-state index contributed by atoms with van der Waals surface area (Å²) >= 11 is -0.0632. The van der Waals surface area contributed by atoms with Crippen LogP contribution in [0, 0.1) is 0 Å². The van der Waals surface area contributed by atoms with Gasteiger partial charge in [-0.05, 0) is 80.1 Å². The minimum Gasteiger partial charge on any atom is -0.370 e. The minimum atomic E-state index is -4.26. The maximum Gasteiger partial charge on any atom is 0.446 e. The van der Waals surface area contributed by atoms with Crippen LogP contribution in [-0.2, 0) is 10.2 Å². The number of hydrogen-bond donors (Lipinski definition) is 1. The van der Waals surface area contributed by atoms with Crippen LogP contribution in [0.25, 0.3) is 0 Å². The summed E-state index contributed by atoms with van der Waals surface area (Å²) in [5.74, 6) is 0.213. The molecule has 2 saturated heterocycles. The van der Waals surface area contributed by atoms with Crippen molar-refractivity contribution in [2.24, 2.45) is 0 Å². The molecule has 2 fully saturated rings. The molecule has 4 rings (SSSR count). The van der Waals surface area contributed by atoms with Gasteiger partial charge in [-0.1, -0.05) is 51.1 Å². The number of likely N-dealkylation sites (tertiary alicyclic amines) is 1. The van der Waals surface area contributed by atoms with Crippen LogP contribution in [0.1, 0.15) is 64.9 Å². The summed E-state index contributed by atoms with van der Waals surface area (Å²) in [6.45, 7) is 13.3. The van der Waals surface area contributed by atoms with Crippen LogP contribution in [-0.4, -0.2) is 79.1 Å². The van der Waals surface area contributed by atoms with Gasteiger partial charge in [-0.2, -0.15) is 13.2 Å². The van der Waals surface area contributed by atoms with Crippen LogP contribution < -0.4 is 10.2 Å². The number of allylic oxidation sites excluding steroid dienone is 1. The van der Waals surface area contributed by atoms with E-state index in [1.165, 1.54) is 11.3 Å². The Balaban J connectivity index is 1.15. The molecule has 1 aromatic rings. The van der Waals surface area contributed by atoms with Crippen molar-refractivity contribution in [1.82, 2.24) is 15.1 Å². The van der Waals surface area contributed by atoms with Crippen molar-refractivity contribution < 1.29 is 18.0 Å². The number of hydrogen-bond acceptors (Lipinski definition) is 5. The number of halogens is 3. The molecule has 222 valence electrons. The molecule has 3 aliphatic rings. The number of nitrogens with zero attached hydrogens (tertiary/aromatic N) is 3. The van der Waals surface area contributed by atoms with Crippen molar-refractivity contribution in [3.63, 3.8) is 0 Å². The lowest BCUT2D eigenvalue weighted by molar-refractivity contribution is -0.132. The Morgan fingerprint density at radius 3 is 2.48 bits per heavy atom. The van der Waals surface area contributed by atoms with Gasteiger partial charge in [-0.3, -0.25) is 4.79 Å². The van der Waals surface area contributed by atoms with E-state index in [4.69, 9.17) is 0 Å². The molecule has 1 amide bonds. The average Bonchev–Trinajstić information content (AvgIpc) is 3.14. The van der Waals surface area contributed by atoms with Crippen molar-refractivity contribution in [2.75, 3.05) is 50.7 Å². The number of nitrogens with one attached hydrogen (secondary N) is 1. The number of carbonyl (C=O) groups is 1. The Hall–Kier alpha value is -1.97. The van der Waals surface area contributed by atoms with Gasteiger partial charge in [0.05, 0.1) is 0 Å². The van der Waals surface area contributed by atoms with E-state index in [0.717, 1.165) is 65.0 Å². The first-order valence-electron chi connectivity index (χ1n) is 14.7. The summed E-state index contributed by atoms with van der Waals surface area (Å²) in [7, 11) is 0. The summed E-state index contributed by atoms with van der Waals surface area (Å²) in [6.07, 6.45) is 10.0.